The van der Waals surface area contributed by atoms with Gasteiger partial charge in [-0.1, -0.05) is 12.1 Å². The predicted molar refractivity (Wildman–Crippen MR) is 110 cm³/mol. The van der Waals surface area contributed by atoms with Crippen LogP contribution in [-0.2, 0) is 43.5 Å². The second-order valence-corrected chi connectivity index (χ2v) is 6.93. The lowest BCUT2D eigenvalue weighted by molar-refractivity contribution is -0.384. The Labute approximate surface area is 185 Å². The molecule has 0 heterocycles. The molecule has 1 rings (SSSR count). The fourth-order valence-corrected chi connectivity index (χ4v) is 3.06. The maximum Gasteiger partial charge on any atom is 0.324 e. The molecule has 0 amide bonds. The fourth-order valence-electron chi connectivity index (χ4n) is 3.06. The Bertz CT molecular complexity index is 853. The number of hydrogen-bond donors (Lipinski definition) is 0. The van der Waals surface area contributed by atoms with Crippen LogP contribution in [0.3, 0.4) is 0 Å². The minimum absolute atomic E-state index is 0.0316. The van der Waals surface area contributed by atoms with E-state index in [1.165, 1.54) is 32.4 Å². The summed E-state index contributed by atoms with van der Waals surface area (Å²) in [6.07, 6.45) is -0.615. The summed E-state index contributed by atoms with van der Waals surface area (Å²) in [6, 6.07) is 4.87. The lowest BCUT2D eigenvalue weighted by Gasteiger charge is -2.31. The standard InChI is InChI=1S/C21H27NO10/c1-14(23)18(19(25)31-10-8-29-3)13-21(15(2)24,20(26)32-11-9-30-4)16-6-5-7-17(12-16)22(27)28/h5-7,12,18H,8-11,13H2,1-4H3/t18-,21+/m1/s1. The number of nitrogens with zero attached hydrogens (tertiary/aromatic N) is 1. The third-order valence-electron chi connectivity index (χ3n) is 4.84. The van der Waals surface area contributed by atoms with E-state index in [-0.39, 0.29) is 37.7 Å². The van der Waals surface area contributed by atoms with E-state index < -0.39 is 46.2 Å². The van der Waals surface area contributed by atoms with Crippen molar-refractivity contribution in [1.29, 1.82) is 0 Å². The monoisotopic (exact) mass is 453 g/mol. The molecule has 0 N–H and O–H groups in total. The van der Waals surface area contributed by atoms with Crippen molar-refractivity contribution in [1.82, 2.24) is 0 Å². The lowest BCUT2D eigenvalue weighted by atomic mass is 9.70. The number of ketones is 2. The number of nitro benzene ring substituents is 1. The van der Waals surface area contributed by atoms with Crippen molar-refractivity contribution in [3.05, 3.63) is 39.9 Å². The Morgan fingerprint density at radius 1 is 1.00 bits per heavy atom. The number of benzene rings is 1. The van der Waals surface area contributed by atoms with Crippen LogP contribution < -0.4 is 0 Å². The zero-order valence-corrected chi connectivity index (χ0v) is 18.5. The Balaban J connectivity index is 3.54. The summed E-state index contributed by atoms with van der Waals surface area (Å²) in [4.78, 5) is 61.4. The molecule has 2 atom stereocenters. The highest BCUT2D eigenvalue weighted by Gasteiger charge is 2.51. The Morgan fingerprint density at radius 2 is 1.59 bits per heavy atom. The van der Waals surface area contributed by atoms with E-state index in [0.29, 0.717) is 0 Å². The largest absolute Gasteiger partial charge is 0.463 e. The van der Waals surface area contributed by atoms with Gasteiger partial charge in [-0.25, -0.2) is 0 Å². The van der Waals surface area contributed by atoms with Crippen molar-refractivity contribution < 1.29 is 43.0 Å². The topological polar surface area (TPSA) is 148 Å². The number of ether oxygens (including phenoxy) is 4. The van der Waals surface area contributed by atoms with Crippen LogP contribution in [0.15, 0.2) is 24.3 Å². The molecule has 11 heteroatoms. The van der Waals surface area contributed by atoms with Crippen molar-refractivity contribution in [3.63, 3.8) is 0 Å². The minimum atomic E-state index is -2.16. The highest BCUT2D eigenvalue weighted by atomic mass is 16.6. The molecule has 0 bridgehead atoms. The quantitative estimate of drug-likeness (QED) is 0.133. The Morgan fingerprint density at radius 3 is 2.09 bits per heavy atom. The molecular formula is C21H27NO10. The molecule has 0 aliphatic rings. The van der Waals surface area contributed by atoms with Crippen LogP contribution in [-0.4, -0.2) is 69.1 Å². The second kappa shape index (κ2) is 12.6. The van der Waals surface area contributed by atoms with E-state index in [1.54, 1.807) is 0 Å². The molecule has 11 nitrogen and oxygen atoms in total. The Kier molecular flexibility index (Phi) is 10.6. The maximum atomic E-state index is 13.2. The van der Waals surface area contributed by atoms with Gasteiger partial charge in [-0.3, -0.25) is 29.3 Å². The molecule has 0 aromatic heterocycles. The van der Waals surface area contributed by atoms with E-state index in [0.717, 1.165) is 19.9 Å². The van der Waals surface area contributed by atoms with Crippen LogP contribution in [0.5, 0.6) is 0 Å². The summed E-state index contributed by atoms with van der Waals surface area (Å²) in [6.45, 7) is 1.98. The SMILES string of the molecule is COCCOC(=O)[C@H](C[C@@](C(C)=O)(C(=O)OCCOC)c1cccc([N+](=O)[O-])c1)C(C)=O. The first kappa shape index (κ1) is 26.9. The number of rotatable bonds is 14. The number of carbonyl (C=O) groups is 4. The van der Waals surface area contributed by atoms with Gasteiger partial charge in [0.05, 0.1) is 18.1 Å². The fraction of sp³-hybridized carbons (Fsp3) is 0.524. The second-order valence-electron chi connectivity index (χ2n) is 6.93. The summed E-state index contributed by atoms with van der Waals surface area (Å²) >= 11 is 0. The van der Waals surface area contributed by atoms with E-state index in [9.17, 15) is 29.3 Å². The first-order chi connectivity index (χ1) is 15.1. The molecule has 0 unspecified atom stereocenters. The summed E-state index contributed by atoms with van der Waals surface area (Å²) in [5.41, 5.74) is -2.60. The highest BCUT2D eigenvalue weighted by Crippen LogP contribution is 2.36. The molecule has 1 aromatic carbocycles. The number of Topliss-reactive ketones (excluding diaryl/α,β-unsaturated/α-hetero) is 2. The van der Waals surface area contributed by atoms with Gasteiger partial charge in [0.2, 0.25) is 0 Å². The molecule has 0 aliphatic heterocycles. The third kappa shape index (κ3) is 6.66. The summed E-state index contributed by atoms with van der Waals surface area (Å²) in [7, 11) is 2.78. The van der Waals surface area contributed by atoms with E-state index in [2.05, 4.69) is 0 Å². The molecule has 0 spiro atoms. The van der Waals surface area contributed by atoms with Gasteiger partial charge in [0.15, 0.2) is 11.2 Å². The predicted octanol–water partition coefficient (Wildman–Crippen LogP) is 1.40. The molecule has 176 valence electrons. The molecule has 0 saturated carbocycles. The van der Waals surface area contributed by atoms with Crippen molar-refractivity contribution >= 4 is 29.2 Å². The normalized spacial score (nSPS) is 13.5. The molecule has 32 heavy (non-hydrogen) atoms. The highest BCUT2D eigenvalue weighted by molar-refractivity contribution is 6.10. The van der Waals surface area contributed by atoms with Crippen molar-refractivity contribution in [2.75, 3.05) is 40.6 Å². The number of esters is 2. The van der Waals surface area contributed by atoms with E-state index in [1.807, 2.05) is 0 Å². The Hall–Kier alpha value is -3.18. The first-order valence-electron chi connectivity index (χ1n) is 9.70. The van der Waals surface area contributed by atoms with Gasteiger partial charge in [0, 0.05) is 26.4 Å². The average molecular weight is 453 g/mol. The average Bonchev–Trinajstić information content (AvgIpc) is 2.74. The number of nitro groups is 1. The summed E-state index contributed by atoms with van der Waals surface area (Å²) in [5.74, 6) is -4.90. The van der Waals surface area contributed by atoms with Gasteiger partial charge in [-0.2, -0.15) is 0 Å². The van der Waals surface area contributed by atoms with Crippen LogP contribution in [0, 0.1) is 16.0 Å². The van der Waals surface area contributed by atoms with Crippen LogP contribution in [0.4, 0.5) is 5.69 Å². The van der Waals surface area contributed by atoms with Crippen molar-refractivity contribution in [2.24, 2.45) is 5.92 Å². The molecule has 0 aliphatic carbocycles. The van der Waals surface area contributed by atoms with Gasteiger partial charge in [-0.15, -0.1) is 0 Å². The van der Waals surface area contributed by atoms with E-state index in [4.69, 9.17) is 18.9 Å². The van der Waals surface area contributed by atoms with Crippen LogP contribution in [0.25, 0.3) is 0 Å². The van der Waals surface area contributed by atoms with E-state index >= 15 is 0 Å². The smallest absolute Gasteiger partial charge is 0.324 e. The minimum Gasteiger partial charge on any atom is -0.463 e. The lowest BCUT2D eigenvalue weighted by Crippen LogP contribution is -2.48. The third-order valence-corrected chi connectivity index (χ3v) is 4.84. The maximum absolute atomic E-state index is 13.2. The van der Waals surface area contributed by atoms with Crippen LogP contribution >= 0.6 is 0 Å². The first-order valence-corrected chi connectivity index (χ1v) is 9.70. The van der Waals surface area contributed by atoms with Crippen molar-refractivity contribution in [2.45, 2.75) is 25.7 Å². The molecule has 1 aromatic rings. The van der Waals surface area contributed by atoms with Gasteiger partial charge < -0.3 is 18.9 Å². The molecule has 0 saturated heterocycles. The van der Waals surface area contributed by atoms with Gasteiger partial charge in [0.25, 0.3) is 5.69 Å². The zero-order valence-electron chi connectivity index (χ0n) is 18.5. The number of carbonyl (C=O) groups excluding carboxylic acids is 4. The number of hydrogen-bond acceptors (Lipinski definition) is 10. The summed E-state index contributed by atoms with van der Waals surface area (Å²) in [5, 5.41) is 11.3. The zero-order chi connectivity index (χ0) is 24.3. The number of methoxy groups -OCH3 is 2. The van der Waals surface area contributed by atoms with Gasteiger partial charge in [0.1, 0.15) is 24.9 Å². The number of non-ortho nitro benzene ring substituents is 1. The van der Waals surface area contributed by atoms with Crippen LogP contribution in [0.1, 0.15) is 25.8 Å². The van der Waals surface area contributed by atoms with Gasteiger partial charge in [-0.05, 0) is 25.8 Å². The molecule has 0 fully saturated rings. The summed E-state index contributed by atoms with van der Waals surface area (Å²) < 4.78 is 19.9. The molecule has 0 radical (unpaired) electrons. The van der Waals surface area contributed by atoms with Crippen molar-refractivity contribution in [3.8, 4) is 0 Å². The molecular weight excluding hydrogens is 426 g/mol. The van der Waals surface area contributed by atoms with Crippen LogP contribution in [0.2, 0.25) is 0 Å². The van der Waals surface area contributed by atoms with Gasteiger partial charge >= 0.3 is 11.9 Å².